The third-order valence-corrected chi connectivity index (χ3v) is 3.81. The van der Waals surface area contributed by atoms with Crippen molar-refractivity contribution in [3.8, 4) is 0 Å². The van der Waals surface area contributed by atoms with E-state index in [4.69, 9.17) is 5.73 Å². The third kappa shape index (κ3) is 2.66. The molecule has 100 valence electrons. The first-order chi connectivity index (χ1) is 8.63. The van der Waals surface area contributed by atoms with Crippen molar-refractivity contribution < 1.29 is 4.39 Å². The van der Waals surface area contributed by atoms with Crippen LogP contribution in [0, 0.1) is 11.7 Å². The van der Waals surface area contributed by atoms with Gasteiger partial charge in [-0.15, -0.1) is 0 Å². The highest BCUT2D eigenvalue weighted by Gasteiger charge is 2.26. The van der Waals surface area contributed by atoms with E-state index in [9.17, 15) is 4.39 Å². The van der Waals surface area contributed by atoms with Gasteiger partial charge in [0.05, 0.1) is 5.69 Å². The van der Waals surface area contributed by atoms with E-state index < -0.39 is 0 Å². The number of para-hydroxylation sites is 1. The van der Waals surface area contributed by atoms with Gasteiger partial charge in [0.15, 0.2) is 0 Å². The topological polar surface area (TPSA) is 29.3 Å². The molecule has 0 bridgehead atoms. The number of hydrogen-bond acceptors (Lipinski definition) is 2. The van der Waals surface area contributed by atoms with E-state index in [1.165, 1.54) is 25.3 Å². The predicted octanol–water partition coefficient (Wildman–Crippen LogP) is 3.47. The van der Waals surface area contributed by atoms with Gasteiger partial charge in [0.2, 0.25) is 0 Å². The highest BCUT2D eigenvalue weighted by molar-refractivity contribution is 5.56. The van der Waals surface area contributed by atoms with Crippen molar-refractivity contribution in [1.82, 2.24) is 0 Å². The van der Waals surface area contributed by atoms with Crippen LogP contribution in [-0.4, -0.2) is 13.1 Å². The summed E-state index contributed by atoms with van der Waals surface area (Å²) in [5, 5.41) is 0. The lowest BCUT2D eigenvalue weighted by Crippen LogP contribution is -2.24. The van der Waals surface area contributed by atoms with Gasteiger partial charge < -0.3 is 10.6 Å². The molecule has 1 fully saturated rings. The van der Waals surface area contributed by atoms with E-state index >= 15 is 0 Å². The zero-order valence-electron chi connectivity index (χ0n) is 11.3. The first-order valence-electron chi connectivity index (χ1n) is 6.92. The molecule has 2 unspecified atom stereocenters. The van der Waals surface area contributed by atoms with Crippen molar-refractivity contribution in [3.63, 3.8) is 0 Å². The van der Waals surface area contributed by atoms with Gasteiger partial charge in [-0.1, -0.05) is 25.5 Å². The van der Waals surface area contributed by atoms with Crippen molar-refractivity contribution in [1.29, 1.82) is 0 Å². The molecule has 0 radical (unpaired) electrons. The highest BCUT2D eigenvalue weighted by Crippen LogP contribution is 2.33. The van der Waals surface area contributed by atoms with E-state index in [0.29, 0.717) is 5.92 Å². The summed E-state index contributed by atoms with van der Waals surface area (Å²) in [6.45, 7) is 6.04. The second-order valence-electron chi connectivity index (χ2n) is 5.36. The van der Waals surface area contributed by atoms with Crippen LogP contribution >= 0.6 is 0 Å². The molecule has 0 aromatic heterocycles. The fourth-order valence-electron chi connectivity index (χ4n) is 2.91. The average Bonchev–Trinajstić information content (AvgIpc) is 2.77. The van der Waals surface area contributed by atoms with Crippen LogP contribution in [0.1, 0.15) is 44.7 Å². The van der Waals surface area contributed by atoms with E-state index in [-0.39, 0.29) is 11.9 Å². The minimum atomic E-state index is -0.137. The maximum atomic E-state index is 14.1. The van der Waals surface area contributed by atoms with Crippen LogP contribution in [0.5, 0.6) is 0 Å². The van der Waals surface area contributed by atoms with Gasteiger partial charge in [0.25, 0.3) is 0 Å². The summed E-state index contributed by atoms with van der Waals surface area (Å²) in [4.78, 5) is 2.17. The summed E-state index contributed by atoms with van der Waals surface area (Å²) in [6, 6.07) is 5.10. The summed E-state index contributed by atoms with van der Waals surface area (Å²) >= 11 is 0. The second kappa shape index (κ2) is 5.70. The van der Waals surface area contributed by atoms with Crippen LogP contribution < -0.4 is 10.6 Å². The molecule has 1 aromatic rings. The Kier molecular flexibility index (Phi) is 4.23. The van der Waals surface area contributed by atoms with Gasteiger partial charge in [-0.2, -0.15) is 0 Å². The van der Waals surface area contributed by atoms with Crippen LogP contribution in [0.3, 0.4) is 0 Å². The van der Waals surface area contributed by atoms with E-state index in [0.717, 1.165) is 24.3 Å². The molecule has 18 heavy (non-hydrogen) atoms. The third-order valence-electron chi connectivity index (χ3n) is 3.81. The Balaban J connectivity index is 2.23. The summed E-state index contributed by atoms with van der Waals surface area (Å²) in [5.41, 5.74) is 7.60. The van der Waals surface area contributed by atoms with E-state index in [1.54, 1.807) is 6.07 Å². The largest absolute Gasteiger partial charge is 0.369 e. The smallest absolute Gasteiger partial charge is 0.146 e. The van der Waals surface area contributed by atoms with Gasteiger partial charge in [0, 0.05) is 19.1 Å². The maximum absolute atomic E-state index is 14.1. The first-order valence-corrected chi connectivity index (χ1v) is 6.92. The van der Waals surface area contributed by atoms with E-state index in [2.05, 4.69) is 11.8 Å². The van der Waals surface area contributed by atoms with Crippen molar-refractivity contribution in [2.24, 2.45) is 11.7 Å². The molecule has 0 saturated carbocycles. The Morgan fingerprint density at radius 2 is 2.28 bits per heavy atom. The summed E-state index contributed by atoms with van der Waals surface area (Å²) in [5.74, 6) is 0.567. The number of nitrogens with zero attached hydrogens (tertiary/aromatic N) is 1. The number of rotatable bonds is 4. The van der Waals surface area contributed by atoms with Crippen LogP contribution in [-0.2, 0) is 0 Å². The Morgan fingerprint density at radius 3 is 2.94 bits per heavy atom. The van der Waals surface area contributed by atoms with E-state index in [1.807, 2.05) is 13.0 Å². The zero-order valence-corrected chi connectivity index (χ0v) is 11.3. The lowest BCUT2D eigenvalue weighted by Gasteiger charge is -2.24. The van der Waals surface area contributed by atoms with Gasteiger partial charge in [-0.05, 0) is 37.3 Å². The Bertz CT molecular complexity index is 403. The van der Waals surface area contributed by atoms with Crippen LogP contribution in [0.4, 0.5) is 10.1 Å². The molecule has 2 atom stereocenters. The second-order valence-corrected chi connectivity index (χ2v) is 5.36. The summed E-state index contributed by atoms with van der Waals surface area (Å²) < 4.78 is 14.1. The SMILES string of the molecule is CCCC1CCN(c2c(F)cccc2C(C)N)C1. The minimum Gasteiger partial charge on any atom is -0.369 e. The van der Waals surface area contributed by atoms with Crippen molar-refractivity contribution in [2.75, 3.05) is 18.0 Å². The minimum absolute atomic E-state index is 0.124. The highest BCUT2D eigenvalue weighted by atomic mass is 19.1. The molecule has 2 nitrogen and oxygen atoms in total. The molecule has 1 aliphatic rings. The van der Waals surface area contributed by atoms with Crippen LogP contribution in [0.2, 0.25) is 0 Å². The number of benzene rings is 1. The van der Waals surface area contributed by atoms with Crippen LogP contribution in [0.15, 0.2) is 18.2 Å². The molecule has 1 saturated heterocycles. The molecular weight excluding hydrogens is 227 g/mol. The molecule has 1 aliphatic heterocycles. The standard InChI is InChI=1S/C15H23FN2/c1-3-5-12-8-9-18(10-12)15-13(11(2)17)6-4-7-14(15)16/h4,6-7,11-12H,3,5,8-10,17H2,1-2H3. The van der Waals surface area contributed by atoms with Gasteiger partial charge in [0.1, 0.15) is 5.82 Å². The summed E-state index contributed by atoms with van der Waals surface area (Å²) in [7, 11) is 0. The maximum Gasteiger partial charge on any atom is 0.146 e. The molecule has 3 heteroatoms. The average molecular weight is 250 g/mol. The van der Waals surface area contributed by atoms with Crippen molar-refractivity contribution in [2.45, 2.75) is 39.2 Å². The predicted molar refractivity (Wildman–Crippen MR) is 74.2 cm³/mol. The van der Waals surface area contributed by atoms with Gasteiger partial charge >= 0.3 is 0 Å². The molecule has 2 rings (SSSR count). The number of anilines is 1. The normalized spacial score (nSPS) is 21.3. The Hall–Kier alpha value is -1.09. The van der Waals surface area contributed by atoms with Crippen LogP contribution in [0.25, 0.3) is 0 Å². The van der Waals surface area contributed by atoms with Gasteiger partial charge in [-0.3, -0.25) is 0 Å². The number of halogens is 1. The molecule has 0 spiro atoms. The fourth-order valence-corrected chi connectivity index (χ4v) is 2.91. The molecule has 0 amide bonds. The quantitative estimate of drug-likeness (QED) is 0.886. The molecule has 2 N–H and O–H groups in total. The Morgan fingerprint density at radius 1 is 1.50 bits per heavy atom. The van der Waals surface area contributed by atoms with Crippen molar-refractivity contribution >= 4 is 5.69 Å². The monoisotopic (exact) mass is 250 g/mol. The molecule has 0 aliphatic carbocycles. The van der Waals surface area contributed by atoms with Crippen molar-refractivity contribution in [3.05, 3.63) is 29.6 Å². The molecule has 1 heterocycles. The molecule has 1 aromatic carbocycles. The molecular formula is C15H23FN2. The first kappa shape index (κ1) is 13.3. The number of hydrogen-bond donors (Lipinski definition) is 1. The lowest BCUT2D eigenvalue weighted by molar-refractivity contribution is 0.528. The Labute approximate surface area is 109 Å². The fraction of sp³-hybridized carbons (Fsp3) is 0.600. The number of nitrogens with two attached hydrogens (primary N) is 1. The lowest BCUT2D eigenvalue weighted by atomic mass is 10.0. The van der Waals surface area contributed by atoms with Gasteiger partial charge in [-0.25, -0.2) is 4.39 Å². The zero-order chi connectivity index (χ0) is 13.1. The summed E-state index contributed by atoms with van der Waals surface area (Å²) in [6.07, 6.45) is 3.61.